The smallest absolute Gasteiger partial charge is 0.265 e. The van der Waals surface area contributed by atoms with Gasteiger partial charge in [0.1, 0.15) is 0 Å². The van der Waals surface area contributed by atoms with Crippen LogP contribution in [0.25, 0.3) is 0 Å². The molecule has 1 amide bonds. The van der Waals surface area contributed by atoms with Crippen LogP contribution in [0.4, 0.5) is 10.1 Å². The van der Waals surface area contributed by atoms with Crippen LogP contribution in [0.15, 0.2) is 83.8 Å². The SMILES string of the molecule is O=C(COc1ccccc1F)N1c2ccccc2SC[C@@H]1c1ccccc1. The average molecular weight is 379 g/mol. The Hall–Kier alpha value is -2.79. The molecular weight excluding hydrogens is 361 g/mol. The zero-order chi connectivity index (χ0) is 18.6. The quantitative estimate of drug-likeness (QED) is 0.633. The Morgan fingerprint density at radius 3 is 2.52 bits per heavy atom. The normalized spacial score (nSPS) is 15.9. The molecule has 136 valence electrons. The number of benzene rings is 3. The van der Waals surface area contributed by atoms with Gasteiger partial charge in [0.25, 0.3) is 5.91 Å². The minimum absolute atomic E-state index is 0.0850. The molecule has 3 nitrogen and oxygen atoms in total. The molecule has 0 radical (unpaired) electrons. The molecule has 0 saturated carbocycles. The molecule has 1 aliphatic rings. The Morgan fingerprint density at radius 1 is 1.00 bits per heavy atom. The van der Waals surface area contributed by atoms with Crippen LogP contribution in [0.2, 0.25) is 0 Å². The second kappa shape index (κ2) is 7.84. The van der Waals surface area contributed by atoms with Crippen molar-refractivity contribution in [1.82, 2.24) is 0 Å². The highest BCUT2D eigenvalue weighted by atomic mass is 32.2. The first-order valence-electron chi connectivity index (χ1n) is 8.70. The summed E-state index contributed by atoms with van der Waals surface area (Å²) in [6, 6.07) is 23.8. The molecule has 0 N–H and O–H groups in total. The van der Waals surface area contributed by atoms with E-state index in [2.05, 4.69) is 0 Å². The number of carbonyl (C=O) groups excluding carboxylic acids is 1. The Bertz CT molecular complexity index is 948. The lowest BCUT2D eigenvalue weighted by Gasteiger charge is -2.37. The summed E-state index contributed by atoms with van der Waals surface area (Å²) in [5, 5.41) is 0. The van der Waals surface area contributed by atoms with E-state index in [9.17, 15) is 9.18 Å². The molecule has 0 aliphatic carbocycles. The van der Waals surface area contributed by atoms with E-state index < -0.39 is 5.82 Å². The first-order valence-corrected chi connectivity index (χ1v) is 9.69. The molecule has 4 rings (SSSR count). The van der Waals surface area contributed by atoms with E-state index in [1.165, 1.54) is 12.1 Å². The zero-order valence-electron chi connectivity index (χ0n) is 14.5. The lowest BCUT2D eigenvalue weighted by molar-refractivity contribution is -0.121. The van der Waals surface area contributed by atoms with Crippen molar-refractivity contribution < 1.29 is 13.9 Å². The van der Waals surface area contributed by atoms with Gasteiger partial charge in [-0.2, -0.15) is 0 Å². The largest absolute Gasteiger partial charge is 0.481 e. The summed E-state index contributed by atoms with van der Waals surface area (Å²) in [4.78, 5) is 15.9. The number of hydrogen-bond acceptors (Lipinski definition) is 3. The highest BCUT2D eigenvalue weighted by molar-refractivity contribution is 7.99. The lowest BCUT2D eigenvalue weighted by Crippen LogP contribution is -2.41. The van der Waals surface area contributed by atoms with Crippen LogP contribution in [0.1, 0.15) is 11.6 Å². The fraction of sp³-hybridized carbons (Fsp3) is 0.136. The molecule has 3 aromatic carbocycles. The van der Waals surface area contributed by atoms with E-state index >= 15 is 0 Å². The van der Waals surface area contributed by atoms with Gasteiger partial charge in [-0.15, -0.1) is 11.8 Å². The predicted octanol–water partition coefficient (Wildman–Crippen LogP) is 5.08. The van der Waals surface area contributed by atoms with Crippen molar-refractivity contribution in [3.63, 3.8) is 0 Å². The summed E-state index contributed by atoms with van der Waals surface area (Å²) in [7, 11) is 0. The number of halogens is 1. The molecule has 27 heavy (non-hydrogen) atoms. The minimum atomic E-state index is -0.473. The summed E-state index contributed by atoms with van der Waals surface area (Å²) >= 11 is 1.74. The number of nitrogens with zero attached hydrogens (tertiary/aromatic N) is 1. The maximum absolute atomic E-state index is 13.8. The van der Waals surface area contributed by atoms with E-state index in [0.29, 0.717) is 0 Å². The molecular formula is C22H18FNO2S. The molecule has 0 aromatic heterocycles. The van der Waals surface area contributed by atoms with Crippen molar-refractivity contribution >= 4 is 23.4 Å². The third kappa shape index (κ3) is 3.69. The van der Waals surface area contributed by atoms with Crippen molar-refractivity contribution in [2.75, 3.05) is 17.3 Å². The Kier molecular flexibility index (Phi) is 5.12. The van der Waals surface area contributed by atoms with Crippen LogP contribution in [0.5, 0.6) is 5.75 Å². The van der Waals surface area contributed by atoms with Gasteiger partial charge in [0.2, 0.25) is 0 Å². The third-order valence-electron chi connectivity index (χ3n) is 4.47. The molecule has 5 heteroatoms. The Labute approximate surface area is 161 Å². The number of amides is 1. The number of para-hydroxylation sites is 2. The maximum Gasteiger partial charge on any atom is 0.265 e. The van der Waals surface area contributed by atoms with E-state index in [1.54, 1.807) is 28.8 Å². The number of anilines is 1. The number of carbonyl (C=O) groups is 1. The summed E-state index contributed by atoms with van der Waals surface area (Å²) in [5.74, 6) is 0.174. The monoisotopic (exact) mass is 379 g/mol. The summed E-state index contributed by atoms with van der Waals surface area (Å²) in [6.45, 7) is -0.219. The van der Waals surface area contributed by atoms with Crippen molar-refractivity contribution in [2.24, 2.45) is 0 Å². The standard InChI is InChI=1S/C22H18FNO2S/c23-17-10-4-6-12-20(17)26-14-22(25)24-18-11-5-7-13-21(18)27-15-19(24)16-8-2-1-3-9-16/h1-13,19H,14-15H2/t19-/m1/s1. The zero-order valence-corrected chi connectivity index (χ0v) is 15.4. The number of ether oxygens (including phenoxy) is 1. The minimum Gasteiger partial charge on any atom is -0.481 e. The van der Waals surface area contributed by atoms with Gasteiger partial charge >= 0.3 is 0 Å². The van der Waals surface area contributed by atoms with Crippen molar-refractivity contribution in [2.45, 2.75) is 10.9 Å². The predicted molar refractivity (Wildman–Crippen MR) is 106 cm³/mol. The van der Waals surface area contributed by atoms with Gasteiger partial charge in [-0.05, 0) is 29.8 Å². The second-order valence-electron chi connectivity index (χ2n) is 6.19. The highest BCUT2D eigenvalue weighted by Crippen LogP contribution is 2.43. The first kappa shape index (κ1) is 17.6. The van der Waals surface area contributed by atoms with Gasteiger partial charge in [-0.1, -0.05) is 54.6 Å². The van der Waals surface area contributed by atoms with Gasteiger partial charge in [0, 0.05) is 10.6 Å². The van der Waals surface area contributed by atoms with E-state index in [4.69, 9.17) is 4.74 Å². The summed E-state index contributed by atoms with van der Waals surface area (Å²) in [5.41, 5.74) is 1.93. The fourth-order valence-corrected chi connectivity index (χ4v) is 4.36. The topological polar surface area (TPSA) is 29.5 Å². The average Bonchev–Trinajstić information content (AvgIpc) is 2.72. The molecule has 0 saturated heterocycles. The highest BCUT2D eigenvalue weighted by Gasteiger charge is 2.32. The van der Waals surface area contributed by atoms with E-state index in [1.807, 2.05) is 54.6 Å². The van der Waals surface area contributed by atoms with Crippen LogP contribution in [0.3, 0.4) is 0 Å². The van der Waals surface area contributed by atoms with Crippen LogP contribution < -0.4 is 9.64 Å². The fourth-order valence-electron chi connectivity index (χ4n) is 3.19. The molecule has 1 aliphatic heterocycles. The van der Waals surface area contributed by atoms with Gasteiger partial charge in [0.05, 0.1) is 11.7 Å². The van der Waals surface area contributed by atoms with Gasteiger partial charge in [-0.3, -0.25) is 9.69 Å². The van der Waals surface area contributed by atoms with Crippen molar-refractivity contribution in [3.05, 3.63) is 90.2 Å². The maximum atomic E-state index is 13.8. The van der Waals surface area contributed by atoms with Crippen LogP contribution in [0, 0.1) is 5.82 Å². The molecule has 3 aromatic rings. The first-order chi connectivity index (χ1) is 13.2. The van der Waals surface area contributed by atoms with Gasteiger partial charge < -0.3 is 4.74 Å². The molecule has 0 spiro atoms. The van der Waals surface area contributed by atoms with Crippen LogP contribution in [-0.2, 0) is 4.79 Å². The Morgan fingerprint density at radius 2 is 1.70 bits per heavy atom. The van der Waals surface area contributed by atoms with Crippen LogP contribution in [-0.4, -0.2) is 18.3 Å². The molecule has 0 fully saturated rings. The lowest BCUT2D eigenvalue weighted by atomic mass is 10.1. The number of thioether (sulfide) groups is 1. The molecule has 1 atom stereocenters. The molecule has 1 heterocycles. The van der Waals surface area contributed by atoms with Crippen molar-refractivity contribution in [3.8, 4) is 5.75 Å². The van der Waals surface area contributed by atoms with Crippen LogP contribution >= 0.6 is 11.8 Å². The van der Waals surface area contributed by atoms with Crippen molar-refractivity contribution in [1.29, 1.82) is 0 Å². The third-order valence-corrected chi connectivity index (χ3v) is 5.61. The second-order valence-corrected chi connectivity index (χ2v) is 7.25. The number of rotatable bonds is 4. The molecule has 0 unspecified atom stereocenters. The molecule has 0 bridgehead atoms. The van der Waals surface area contributed by atoms with Gasteiger partial charge in [-0.25, -0.2) is 4.39 Å². The summed E-state index contributed by atoms with van der Waals surface area (Å²) < 4.78 is 19.3. The number of fused-ring (bicyclic) bond motifs is 1. The number of hydrogen-bond donors (Lipinski definition) is 0. The van der Waals surface area contributed by atoms with E-state index in [-0.39, 0.29) is 24.3 Å². The summed E-state index contributed by atoms with van der Waals surface area (Å²) in [6.07, 6.45) is 0. The van der Waals surface area contributed by atoms with Gasteiger partial charge in [0.15, 0.2) is 18.2 Å². The Balaban J connectivity index is 1.63. The van der Waals surface area contributed by atoms with E-state index in [0.717, 1.165) is 21.9 Å².